The molecule has 0 aliphatic heterocycles. The zero-order valence-corrected chi connectivity index (χ0v) is 13.1. The third kappa shape index (κ3) is 2.14. The van der Waals surface area contributed by atoms with Gasteiger partial charge in [0.25, 0.3) is 0 Å². The van der Waals surface area contributed by atoms with E-state index in [9.17, 15) is 0 Å². The van der Waals surface area contributed by atoms with Crippen molar-refractivity contribution >= 4 is 32.5 Å². The number of aromatic nitrogens is 1. The Morgan fingerprint density at radius 1 is 1.26 bits per heavy atom. The molecule has 1 N–H and O–H groups in total. The Morgan fingerprint density at radius 3 is 2.84 bits per heavy atom. The van der Waals surface area contributed by atoms with Crippen LogP contribution in [0.4, 0.5) is 5.69 Å². The lowest BCUT2D eigenvalue weighted by molar-refractivity contribution is 0.900. The largest absolute Gasteiger partial charge is 0.384 e. The van der Waals surface area contributed by atoms with Crippen LogP contribution in [0.2, 0.25) is 0 Å². The van der Waals surface area contributed by atoms with Crippen LogP contribution in [0.15, 0.2) is 16.6 Å². The average Bonchev–Trinajstić information content (AvgIpc) is 2.86. The fourth-order valence-electron chi connectivity index (χ4n) is 3.04. The molecule has 0 saturated carbocycles. The van der Waals surface area contributed by atoms with Crippen molar-refractivity contribution in [2.24, 2.45) is 0 Å². The van der Waals surface area contributed by atoms with Crippen molar-refractivity contribution in [3.8, 4) is 0 Å². The van der Waals surface area contributed by atoms with Gasteiger partial charge in [0.2, 0.25) is 0 Å². The summed E-state index contributed by atoms with van der Waals surface area (Å²) in [6.45, 7) is 5.31. The zero-order valence-electron chi connectivity index (χ0n) is 11.5. The zero-order chi connectivity index (χ0) is 13.4. The monoisotopic (exact) mass is 318 g/mol. The van der Waals surface area contributed by atoms with E-state index in [2.05, 4.69) is 47.2 Å². The number of fused-ring (bicyclic) bond motifs is 2. The molecule has 1 aliphatic rings. The molecule has 0 saturated heterocycles. The van der Waals surface area contributed by atoms with E-state index in [1.807, 2.05) is 0 Å². The van der Waals surface area contributed by atoms with Gasteiger partial charge in [-0.25, -0.2) is 0 Å². The molecule has 0 fully saturated rings. The molecule has 100 valence electrons. The van der Waals surface area contributed by atoms with Crippen LogP contribution in [-0.2, 0) is 19.3 Å². The lowest BCUT2D eigenvalue weighted by Crippen LogP contribution is -2.04. The topological polar surface area (TPSA) is 24.9 Å². The summed E-state index contributed by atoms with van der Waals surface area (Å²) in [7, 11) is 0. The molecule has 1 aromatic heterocycles. The Balaban J connectivity index is 2.37. The molecule has 0 unspecified atom stereocenters. The number of benzene rings is 1. The van der Waals surface area contributed by atoms with Gasteiger partial charge in [-0.1, -0.05) is 22.9 Å². The van der Waals surface area contributed by atoms with E-state index in [4.69, 9.17) is 4.98 Å². The molecule has 2 aromatic rings. The van der Waals surface area contributed by atoms with Crippen molar-refractivity contribution in [2.45, 2.75) is 39.5 Å². The highest BCUT2D eigenvalue weighted by Crippen LogP contribution is 2.36. The molecule has 1 aliphatic carbocycles. The number of anilines is 1. The second-order valence-corrected chi connectivity index (χ2v) is 6.03. The molecule has 2 nitrogen and oxygen atoms in total. The summed E-state index contributed by atoms with van der Waals surface area (Å²) >= 11 is 3.63. The molecular weight excluding hydrogens is 300 g/mol. The van der Waals surface area contributed by atoms with Crippen molar-refractivity contribution in [3.63, 3.8) is 0 Å². The van der Waals surface area contributed by atoms with E-state index in [1.165, 1.54) is 39.8 Å². The van der Waals surface area contributed by atoms with Gasteiger partial charge in [0.1, 0.15) is 0 Å². The van der Waals surface area contributed by atoms with E-state index in [0.29, 0.717) is 0 Å². The molecular formula is C16H19BrN2. The maximum absolute atomic E-state index is 4.95. The van der Waals surface area contributed by atoms with Crippen molar-refractivity contribution < 1.29 is 0 Å². The SMILES string of the molecule is CCNc1c2c(nc3c(CC)cc(Br)cc13)CCC2. The fraction of sp³-hybridized carbons (Fsp3) is 0.438. The Labute approximate surface area is 122 Å². The fourth-order valence-corrected chi connectivity index (χ4v) is 3.55. The smallest absolute Gasteiger partial charge is 0.0758 e. The molecule has 3 heteroatoms. The highest BCUT2D eigenvalue weighted by molar-refractivity contribution is 9.10. The number of nitrogens with zero attached hydrogens (tertiary/aromatic N) is 1. The Morgan fingerprint density at radius 2 is 2.11 bits per heavy atom. The van der Waals surface area contributed by atoms with Crippen LogP contribution in [0.1, 0.15) is 37.1 Å². The molecule has 1 aromatic carbocycles. The normalized spacial score (nSPS) is 13.8. The molecule has 0 radical (unpaired) electrons. The van der Waals surface area contributed by atoms with Gasteiger partial charge in [-0.3, -0.25) is 4.98 Å². The van der Waals surface area contributed by atoms with Gasteiger partial charge in [0.05, 0.1) is 5.52 Å². The van der Waals surface area contributed by atoms with E-state index >= 15 is 0 Å². The third-order valence-corrected chi connectivity index (χ3v) is 4.35. The molecule has 3 rings (SSSR count). The highest BCUT2D eigenvalue weighted by Gasteiger charge is 2.20. The molecule has 0 amide bonds. The van der Waals surface area contributed by atoms with Crippen molar-refractivity contribution in [1.82, 2.24) is 4.98 Å². The Bertz CT molecular complexity index is 634. The van der Waals surface area contributed by atoms with Crippen molar-refractivity contribution in [1.29, 1.82) is 0 Å². The molecule has 0 spiro atoms. The summed E-state index contributed by atoms with van der Waals surface area (Å²) in [5, 5.41) is 4.84. The van der Waals surface area contributed by atoms with Gasteiger partial charge < -0.3 is 5.32 Å². The van der Waals surface area contributed by atoms with E-state index in [0.717, 1.165) is 30.3 Å². The predicted molar refractivity (Wildman–Crippen MR) is 85.0 cm³/mol. The van der Waals surface area contributed by atoms with Crippen LogP contribution in [0.3, 0.4) is 0 Å². The second-order valence-electron chi connectivity index (χ2n) is 5.11. The van der Waals surface area contributed by atoms with Crippen LogP contribution in [-0.4, -0.2) is 11.5 Å². The van der Waals surface area contributed by atoms with Gasteiger partial charge in [-0.05, 0) is 55.9 Å². The van der Waals surface area contributed by atoms with E-state index in [-0.39, 0.29) is 0 Å². The minimum absolute atomic E-state index is 0.958. The number of hydrogen-bond donors (Lipinski definition) is 1. The number of aryl methyl sites for hydroxylation is 2. The Kier molecular flexibility index (Phi) is 3.48. The molecule has 19 heavy (non-hydrogen) atoms. The van der Waals surface area contributed by atoms with Crippen LogP contribution < -0.4 is 5.32 Å². The summed E-state index contributed by atoms with van der Waals surface area (Å²) in [6.07, 6.45) is 4.55. The minimum atomic E-state index is 0.958. The van der Waals surface area contributed by atoms with Crippen LogP contribution in [0.5, 0.6) is 0 Å². The van der Waals surface area contributed by atoms with Gasteiger partial charge in [0.15, 0.2) is 0 Å². The van der Waals surface area contributed by atoms with Gasteiger partial charge in [-0.2, -0.15) is 0 Å². The first-order valence-electron chi connectivity index (χ1n) is 7.12. The lowest BCUT2D eigenvalue weighted by atomic mass is 10.0. The number of pyridine rings is 1. The van der Waals surface area contributed by atoms with Crippen molar-refractivity contribution in [3.05, 3.63) is 33.4 Å². The quantitative estimate of drug-likeness (QED) is 0.902. The van der Waals surface area contributed by atoms with Crippen molar-refractivity contribution in [2.75, 3.05) is 11.9 Å². The summed E-state index contributed by atoms with van der Waals surface area (Å²) in [5.41, 5.74) is 6.58. The third-order valence-electron chi connectivity index (χ3n) is 3.89. The van der Waals surface area contributed by atoms with Gasteiger partial charge in [0, 0.05) is 27.8 Å². The highest BCUT2D eigenvalue weighted by atomic mass is 79.9. The summed E-state index contributed by atoms with van der Waals surface area (Å²) in [4.78, 5) is 4.95. The summed E-state index contributed by atoms with van der Waals surface area (Å²) in [5.74, 6) is 0. The number of hydrogen-bond acceptors (Lipinski definition) is 2. The standard InChI is InChI=1S/C16H19BrN2/c1-3-10-8-11(17)9-13-15(10)19-14-7-5-6-12(14)16(13)18-4-2/h8-9H,3-7H2,1-2H3,(H,18,19). The molecule has 0 atom stereocenters. The first-order chi connectivity index (χ1) is 9.24. The van der Waals surface area contributed by atoms with E-state index < -0.39 is 0 Å². The Hall–Kier alpha value is -1.09. The number of rotatable bonds is 3. The summed E-state index contributed by atoms with van der Waals surface area (Å²) < 4.78 is 1.15. The first-order valence-corrected chi connectivity index (χ1v) is 7.91. The average molecular weight is 319 g/mol. The van der Waals surface area contributed by atoms with Gasteiger partial charge >= 0.3 is 0 Å². The lowest BCUT2D eigenvalue weighted by Gasteiger charge is -2.15. The molecule has 1 heterocycles. The maximum atomic E-state index is 4.95. The second kappa shape index (κ2) is 5.12. The van der Waals surface area contributed by atoms with E-state index in [1.54, 1.807) is 0 Å². The van der Waals surface area contributed by atoms with Gasteiger partial charge in [-0.15, -0.1) is 0 Å². The predicted octanol–water partition coefficient (Wildman–Crippen LogP) is 4.48. The van der Waals surface area contributed by atoms with Crippen LogP contribution in [0, 0.1) is 0 Å². The van der Waals surface area contributed by atoms with Crippen LogP contribution >= 0.6 is 15.9 Å². The summed E-state index contributed by atoms with van der Waals surface area (Å²) in [6, 6.07) is 4.41. The first kappa shape index (κ1) is 12.9. The van der Waals surface area contributed by atoms with Crippen LogP contribution in [0.25, 0.3) is 10.9 Å². The number of halogens is 1. The minimum Gasteiger partial charge on any atom is -0.384 e. The maximum Gasteiger partial charge on any atom is 0.0758 e. The number of nitrogens with one attached hydrogen (secondary N) is 1. The molecule has 0 bridgehead atoms.